The molecular formula is C10H11FO3. The molecule has 0 aliphatic rings. The zero-order valence-electron chi connectivity index (χ0n) is 7.83. The maximum atomic E-state index is 13.0. The zero-order valence-corrected chi connectivity index (χ0v) is 7.83. The average Bonchev–Trinajstić information content (AvgIpc) is 2.18. The molecule has 1 rings (SSSR count). The normalized spacial score (nSPS) is 10.1. The van der Waals surface area contributed by atoms with Crippen LogP contribution in [0, 0.1) is 5.82 Å². The second-order valence-corrected chi connectivity index (χ2v) is 2.66. The quantitative estimate of drug-likeness (QED) is 0.410. The summed E-state index contributed by atoms with van der Waals surface area (Å²) in [5, 5.41) is 0. The van der Waals surface area contributed by atoms with E-state index in [9.17, 15) is 9.18 Å². The molecule has 0 atom stereocenters. The maximum absolute atomic E-state index is 13.0. The van der Waals surface area contributed by atoms with E-state index < -0.39 is 5.82 Å². The summed E-state index contributed by atoms with van der Waals surface area (Å²) in [4.78, 5) is 11.3. The number of carbonyl (C=O) groups excluding carboxylic acids is 1. The first-order chi connectivity index (χ1) is 6.75. The van der Waals surface area contributed by atoms with Crippen molar-refractivity contribution in [2.24, 2.45) is 0 Å². The van der Waals surface area contributed by atoms with E-state index in [0.29, 0.717) is 0 Å². The standard InChI is InChI=1S/C10H11FO3/c1-13-7-14-6-10(12)8-4-2-3-5-9(8)11/h2-5H,6-7H2,1H3. The minimum atomic E-state index is -0.529. The number of ketones is 1. The SMILES string of the molecule is COCOCC(=O)c1ccccc1F. The van der Waals surface area contributed by atoms with Gasteiger partial charge in [0.05, 0.1) is 5.56 Å². The highest BCUT2D eigenvalue weighted by atomic mass is 19.1. The number of hydrogen-bond acceptors (Lipinski definition) is 3. The predicted octanol–water partition coefficient (Wildman–Crippen LogP) is 1.63. The smallest absolute Gasteiger partial charge is 0.191 e. The maximum Gasteiger partial charge on any atom is 0.191 e. The lowest BCUT2D eigenvalue weighted by Crippen LogP contribution is -2.12. The van der Waals surface area contributed by atoms with E-state index in [1.165, 1.54) is 25.3 Å². The Labute approximate surface area is 81.4 Å². The molecule has 0 aliphatic carbocycles. The lowest BCUT2D eigenvalue weighted by atomic mass is 10.1. The average molecular weight is 198 g/mol. The molecule has 1 aromatic rings. The Balaban J connectivity index is 2.56. The molecule has 4 heteroatoms. The minimum Gasteiger partial charge on any atom is -0.359 e. The first-order valence-electron chi connectivity index (χ1n) is 4.10. The molecule has 0 amide bonds. The van der Waals surface area contributed by atoms with Crippen molar-refractivity contribution in [1.82, 2.24) is 0 Å². The molecule has 0 fully saturated rings. The number of Topliss-reactive ketones (excluding diaryl/α,β-unsaturated/α-hetero) is 1. The van der Waals surface area contributed by atoms with Crippen molar-refractivity contribution >= 4 is 5.78 Å². The van der Waals surface area contributed by atoms with E-state index in [0.717, 1.165) is 0 Å². The van der Waals surface area contributed by atoms with Crippen molar-refractivity contribution in [2.45, 2.75) is 0 Å². The van der Waals surface area contributed by atoms with E-state index >= 15 is 0 Å². The number of halogens is 1. The third-order valence-corrected chi connectivity index (χ3v) is 1.61. The molecule has 0 radical (unpaired) electrons. The van der Waals surface area contributed by atoms with Gasteiger partial charge in [-0.05, 0) is 12.1 Å². The molecule has 0 saturated carbocycles. The number of hydrogen-bond donors (Lipinski definition) is 0. The molecule has 0 aromatic heterocycles. The van der Waals surface area contributed by atoms with Gasteiger partial charge >= 0.3 is 0 Å². The lowest BCUT2D eigenvalue weighted by molar-refractivity contribution is -0.0238. The van der Waals surface area contributed by atoms with E-state index in [-0.39, 0.29) is 24.7 Å². The zero-order chi connectivity index (χ0) is 10.4. The van der Waals surface area contributed by atoms with Crippen LogP contribution in [0.25, 0.3) is 0 Å². The molecule has 0 aliphatic heterocycles. The van der Waals surface area contributed by atoms with Crippen LogP contribution < -0.4 is 0 Å². The Hall–Kier alpha value is -1.26. The summed E-state index contributed by atoms with van der Waals surface area (Å²) < 4.78 is 22.4. The molecule has 76 valence electrons. The molecule has 0 bridgehead atoms. The molecule has 0 heterocycles. The van der Waals surface area contributed by atoms with Crippen LogP contribution in [0.2, 0.25) is 0 Å². The first-order valence-corrected chi connectivity index (χ1v) is 4.10. The number of methoxy groups -OCH3 is 1. The summed E-state index contributed by atoms with van der Waals surface area (Å²) >= 11 is 0. The Kier molecular flexibility index (Phi) is 4.22. The van der Waals surface area contributed by atoms with Crippen LogP contribution in [0.5, 0.6) is 0 Å². The Morgan fingerprint density at radius 3 is 2.79 bits per heavy atom. The van der Waals surface area contributed by atoms with Gasteiger partial charge in [-0.3, -0.25) is 4.79 Å². The summed E-state index contributed by atoms with van der Waals surface area (Å²) in [6.07, 6.45) is 0. The first kappa shape index (κ1) is 10.8. The number of benzene rings is 1. The molecule has 0 spiro atoms. The number of carbonyl (C=O) groups is 1. The van der Waals surface area contributed by atoms with Crippen molar-refractivity contribution < 1.29 is 18.7 Å². The van der Waals surface area contributed by atoms with Gasteiger partial charge in [0.1, 0.15) is 19.2 Å². The Morgan fingerprint density at radius 2 is 2.14 bits per heavy atom. The molecule has 3 nitrogen and oxygen atoms in total. The van der Waals surface area contributed by atoms with Gasteiger partial charge in [0.25, 0.3) is 0 Å². The third kappa shape index (κ3) is 2.90. The molecular weight excluding hydrogens is 187 g/mol. The number of rotatable bonds is 5. The third-order valence-electron chi connectivity index (χ3n) is 1.61. The minimum absolute atomic E-state index is 0.0280. The van der Waals surface area contributed by atoms with Crippen LogP contribution in [-0.2, 0) is 9.47 Å². The van der Waals surface area contributed by atoms with Crippen LogP contribution >= 0.6 is 0 Å². The Bertz CT molecular complexity index is 312. The topological polar surface area (TPSA) is 35.5 Å². The van der Waals surface area contributed by atoms with Crippen LogP contribution in [0.15, 0.2) is 24.3 Å². The van der Waals surface area contributed by atoms with Crippen molar-refractivity contribution in [3.05, 3.63) is 35.6 Å². The van der Waals surface area contributed by atoms with Crippen LogP contribution in [0.1, 0.15) is 10.4 Å². The number of ether oxygens (including phenoxy) is 2. The monoisotopic (exact) mass is 198 g/mol. The summed E-state index contributed by atoms with van der Waals surface area (Å²) in [5.41, 5.74) is 0.0450. The van der Waals surface area contributed by atoms with Crippen molar-refractivity contribution in [3.8, 4) is 0 Å². The van der Waals surface area contributed by atoms with Crippen molar-refractivity contribution in [2.75, 3.05) is 20.5 Å². The summed E-state index contributed by atoms with van der Waals surface area (Å²) in [7, 11) is 1.45. The summed E-state index contributed by atoms with van der Waals surface area (Å²) in [6.45, 7) is -0.144. The molecule has 0 unspecified atom stereocenters. The van der Waals surface area contributed by atoms with Gasteiger partial charge in [-0.2, -0.15) is 0 Å². The van der Waals surface area contributed by atoms with Crippen molar-refractivity contribution in [3.63, 3.8) is 0 Å². The van der Waals surface area contributed by atoms with E-state index in [1.54, 1.807) is 6.07 Å². The second-order valence-electron chi connectivity index (χ2n) is 2.66. The van der Waals surface area contributed by atoms with Gasteiger partial charge in [-0.1, -0.05) is 12.1 Å². The molecule has 0 saturated heterocycles. The highest BCUT2D eigenvalue weighted by Gasteiger charge is 2.10. The summed E-state index contributed by atoms with van der Waals surface area (Å²) in [6, 6.07) is 5.80. The Morgan fingerprint density at radius 1 is 1.43 bits per heavy atom. The van der Waals surface area contributed by atoms with Gasteiger partial charge in [-0.25, -0.2) is 4.39 Å². The highest BCUT2D eigenvalue weighted by molar-refractivity contribution is 5.97. The molecule has 0 N–H and O–H groups in total. The van der Waals surface area contributed by atoms with E-state index in [2.05, 4.69) is 4.74 Å². The lowest BCUT2D eigenvalue weighted by Gasteiger charge is -2.02. The second kappa shape index (κ2) is 5.47. The van der Waals surface area contributed by atoms with Gasteiger partial charge < -0.3 is 9.47 Å². The van der Waals surface area contributed by atoms with E-state index in [4.69, 9.17) is 4.74 Å². The summed E-state index contributed by atoms with van der Waals surface area (Å²) in [5.74, 6) is -0.918. The van der Waals surface area contributed by atoms with Crippen LogP contribution in [0.3, 0.4) is 0 Å². The van der Waals surface area contributed by atoms with Gasteiger partial charge in [-0.15, -0.1) is 0 Å². The van der Waals surface area contributed by atoms with Crippen molar-refractivity contribution in [1.29, 1.82) is 0 Å². The van der Waals surface area contributed by atoms with Crippen LogP contribution in [-0.4, -0.2) is 26.3 Å². The molecule has 14 heavy (non-hydrogen) atoms. The van der Waals surface area contributed by atoms with Crippen LogP contribution in [0.4, 0.5) is 4.39 Å². The predicted molar refractivity (Wildman–Crippen MR) is 48.6 cm³/mol. The molecule has 1 aromatic carbocycles. The fourth-order valence-electron chi connectivity index (χ4n) is 0.983. The fraction of sp³-hybridized carbons (Fsp3) is 0.300. The van der Waals surface area contributed by atoms with Gasteiger partial charge in [0.2, 0.25) is 0 Å². The van der Waals surface area contributed by atoms with E-state index in [1.807, 2.05) is 0 Å². The highest BCUT2D eigenvalue weighted by Crippen LogP contribution is 2.07. The van der Waals surface area contributed by atoms with Gasteiger partial charge in [0.15, 0.2) is 5.78 Å². The fourth-order valence-corrected chi connectivity index (χ4v) is 0.983. The van der Waals surface area contributed by atoms with Gasteiger partial charge in [0, 0.05) is 7.11 Å². The largest absolute Gasteiger partial charge is 0.359 e.